The molecule has 0 unspecified atom stereocenters. The Hall–Kier alpha value is -0.0900. The van der Waals surface area contributed by atoms with Crippen molar-refractivity contribution in [2.75, 3.05) is 0 Å². The van der Waals surface area contributed by atoms with Crippen molar-refractivity contribution < 1.29 is 0 Å². The molecule has 1 aromatic carbocycles. The summed E-state index contributed by atoms with van der Waals surface area (Å²) in [4.78, 5) is 0. The average molecular weight is 302 g/mol. The normalized spacial score (nSPS) is 11.0. The average Bonchev–Trinajstić information content (AvgIpc) is 2.59. The van der Waals surface area contributed by atoms with E-state index in [4.69, 9.17) is 0 Å². The molecule has 0 aliphatic rings. The van der Waals surface area contributed by atoms with Gasteiger partial charge in [0.2, 0.25) is 0 Å². The number of fused-ring (bicyclic) bond motifs is 1. The molecule has 68 valence electrons. The summed E-state index contributed by atoms with van der Waals surface area (Å²) in [6.07, 6.45) is 1.13. The zero-order valence-corrected chi connectivity index (χ0v) is 10.7. The van der Waals surface area contributed by atoms with Gasteiger partial charge in [0, 0.05) is 8.27 Å². The maximum absolute atomic E-state index is 2.46. The van der Waals surface area contributed by atoms with Crippen molar-refractivity contribution >= 4 is 44.0 Å². The summed E-state index contributed by atoms with van der Waals surface area (Å²) in [7, 11) is 0. The lowest BCUT2D eigenvalue weighted by Gasteiger charge is -2.06. The van der Waals surface area contributed by atoms with Crippen LogP contribution in [-0.4, -0.2) is 0 Å². The molecule has 0 bridgehead atoms. The third-order valence-electron chi connectivity index (χ3n) is 2.42. The number of hydrogen-bond acceptors (Lipinski definition) is 1. The molecule has 0 spiro atoms. The van der Waals surface area contributed by atoms with Crippen LogP contribution in [0.15, 0.2) is 17.5 Å². The molecular formula is C11H11IS. The van der Waals surface area contributed by atoms with Gasteiger partial charge in [-0.2, -0.15) is 0 Å². The minimum Gasteiger partial charge on any atom is -0.143 e. The summed E-state index contributed by atoms with van der Waals surface area (Å²) in [5.74, 6) is 0. The fourth-order valence-electron chi connectivity index (χ4n) is 1.59. The zero-order valence-electron chi connectivity index (χ0n) is 7.73. The van der Waals surface area contributed by atoms with Crippen LogP contribution in [0.5, 0.6) is 0 Å². The first-order valence-electron chi connectivity index (χ1n) is 4.39. The number of halogens is 1. The Labute approximate surface area is 96.1 Å². The molecule has 13 heavy (non-hydrogen) atoms. The molecule has 0 saturated carbocycles. The Kier molecular flexibility index (Phi) is 2.60. The van der Waals surface area contributed by atoms with E-state index in [1.807, 2.05) is 11.3 Å². The van der Waals surface area contributed by atoms with Crippen LogP contribution in [0.2, 0.25) is 0 Å². The van der Waals surface area contributed by atoms with E-state index in [1.54, 1.807) is 0 Å². The molecule has 0 saturated heterocycles. The number of aryl methyl sites for hydroxylation is 1. The molecule has 1 aromatic heterocycles. The Balaban J connectivity index is 2.83. The van der Waals surface area contributed by atoms with Crippen LogP contribution in [0.3, 0.4) is 0 Å². The van der Waals surface area contributed by atoms with Crippen molar-refractivity contribution in [2.24, 2.45) is 0 Å². The minimum atomic E-state index is 1.13. The molecule has 0 N–H and O–H groups in total. The first kappa shape index (κ1) is 9.46. The third-order valence-corrected chi connectivity index (χ3v) is 5.08. The van der Waals surface area contributed by atoms with Gasteiger partial charge in [-0.25, -0.2) is 0 Å². The summed E-state index contributed by atoms with van der Waals surface area (Å²) in [6, 6.07) is 4.53. The summed E-state index contributed by atoms with van der Waals surface area (Å²) in [6.45, 7) is 4.44. The van der Waals surface area contributed by atoms with Gasteiger partial charge in [-0.3, -0.25) is 0 Å². The van der Waals surface area contributed by atoms with Gasteiger partial charge in [0.25, 0.3) is 0 Å². The van der Waals surface area contributed by atoms with E-state index < -0.39 is 0 Å². The second-order valence-corrected chi connectivity index (χ2v) is 5.16. The first-order chi connectivity index (χ1) is 6.24. The predicted octanol–water partition coefficient (Wildman–Crippen LogP) is 4.38. The Morgan fingerprint density at radius 3 is 2.92 bits per heavy atom. The lowest BCUT2D eigenvalue weighted by Crippen LogP contribution is -1.89. The quantitative estimate of drug-likeness (QED) is 0.686. The van der Waals surface area contributed by atoms with Crippen LogP contribution in [0.1, 0.15) is 18.1 Å². The summed E-state index contributed by atoms with van der Waals surface area (Å²) >= 11 is 4.30. The molecule has 0 radical (unpaired) electrons. The Morgan fingerprint density at radius 2 is 2.23 bits per heavy atom. The van der Waals surface area contributed by atoms with Crippen LogP contribution >= 0.6 is 33.9 Å². The van der Waals surface area contributed by atoms with Crippen molar-refractivity contribution in [3.8, 4) is 0 Å². The van der Waals surface area contributed by atoms with Crippen molar-refractivity contribution in [3.05, 3.63) is 32.2 Å². The first-order valence-corrected chi connectivity index (χ1v) is 6.35. The van der Waals surface area contributed by atoms with Gasteiger partial charge in [0.05, 0.1) is 0 Å². The van der Waals surface area contributed by atoms with Crippen LogP contribution in [-0.2, 0) is 6.42 Å². The summed E-state index contributed by atoms with van der Waals surface area (Å²) in [5.41, 5.74) is 2.94. The van der Waals surface area contributed by atoms with E-state index in [9.17, 15) is 0 Å². The Bertz CT molecular complexity index is 443. The number of benzene rings is 1. The van der Waals surface area contributed by atoms with Crippen molar-refractivity contribution in [1.29, 1.82) is 0 Å². The third kappa shape index (κ3) is 1.50. The molecular weight excluding hydrogens is 291 g/mol. The van der Waals surface area contributed by atoms with E-state index in [2.05, 4.69) is 54.0 Å². The maximum atomic E-state index is 2.46. The SMILES string of the molecule is CCc1cc2ccsc2c(I)c1C. The largest absolute Gasteiger partial charge is 0.143 e. The molecule has 2 aromatic rings. The topological polar surface area (TPSA) is 0 Å². The summed E-state index contributed by atoms with van der Waals surface area (Å²) in [5, 5.41) is 3.57. The zero-order chi connectivity index (χ0) is 9.42. The summed E-state index contributed by atoms with van der Waals surface area (Å²) < 4.78 is 2.87. The molecule has 1 heterocycles. The molecule has 0 fully saturated rings. The molecule has 2 heteroatoms. The molecule has 0 amide bonds. The molecule has 2 rings (SSSR count). The molecule has 0 aliphatic heterocycles. The van der Waals surface area contributed by atoms with Gasteiger partial charge in [-0.05, 0) is 70.0 Å². The van der Waals surface area contributed by atoms with Crippen LogP contribution in [0, 0.1) is 10.5 Å². The van der Waals surface area contributed by atoms with Gasteiger partial charge in [-0.1, -0.05) is 6.92 Å². The van der Waals surface area contributed by atoms with E-state index >= 15 is 0 Å². The number of thiophene rings is 1. The smallest absolute Gasteiger partial charge is 0.0479 e. The van der Waals surface area contributed by atoms with Crippen molar-refractivity contribution in [3.63, 3.8) is 0 Å². The second kappa shape index (κ2) is 3.58. The van der Waals surface area contributed by atoms with Gasteiger partial charge in [0.1, 0.15) is 0 Å². The molecule has 0 nitrogen and oxygen atoms in total. The standard InChI is InChI=1S/C11H11IS/c1-3-8-6-9-4-5-13-11(9)10(12)7(8)2/h4-6H,3H2,1-2H3. The van der Waals surface area contributed by atoms with Crippen molar-refractivity contribution in [2.45, 2.75) is 20.3 Å². The highest BCUT2D eigenvalue weighted by Gasteiger charge is 2.06. The lowest BCUT2D eigenvalue weighted by atomic mass is 10.0. The highest BCUT2D eigenvalue weighted by Crippen LogP contribution is 2.31. The van der Waals surface area contributed by atoms with E-state index in [0.29, 0.717) is 0 Å². The Morgan fingerprint density at radius 1 is 1.46 bits per heavy atom. The second-order valence-electron chi connectivity index (χ2n) is 3.17. The van der Waals surface area contributed by atoms with Gasteiger partial charge in [0.15, 0.2) is 0 Å². The fraction of sp³-hybridized carbons (Fsp3) is 0.273. The van der Waals surface area contributed by atoms with Crippen LogP contribution < -0.4 is 0 Å². The predicted molar refractivity (Wildman–Crippen MR) is 68.7 cm³/mol. The number of rotatable bonds is 1. The minimum absolute atomic E-state index is 1.13. The van der Waals surface area contributed by atoms with Crippen LogP contribution in [0.25, 0.3) is 10.1 Å². The number of hydrogen-bond donors (Lipinski definition) is 0. The monoisotopic (exact) mass is 302 g/mol. The van der Waals surface area contributed by atoms with Gasteiger partial charge >= 0.3 is 0 Å². The van der Waals surface area contributed by atoms with E-state index in [1.165, 1.54) is 24.8 Å². The highest BCUT2D eigenvalue weighted by atomic mass is 127. The van der Waals surface area contributed by atoms with Crippen LogP contribution in [0.4, 0.5) is 0 Å². The lowest BCUT2D eigenvalue weighted by molar-refractivity contribution is 1.11. The molecule has 0 atom stereocenters. The van der Waals surface area contributed by atoms with Crippen molar-refractivity contribution in [1.82, 2.24) is 0 Å². The van der Waals surface area contributed by atoms with E-state index in [-0.39, 0.29) is 0 Å². The molecule has 0 aliphatic carbocycles. The fourth-order valence-corrected chi connectivity index (χ4v) is 3.50. The maximum Gasteiger partial charge on any atom is 0.0479 e. The van der Waals surface area contributed by atoms with E-state index in [0.717, 1.165) is 6.42 Å². The highest BCUT2D eigenvalue weighted by molar-refractivity contribution is 14.1. The van der Waals surface area contributed by atoms with Gasteiger partial charge in [-0.15, -0.1) is 11.3 Å². The van der Waals surface area contributed by atoms with Gasteiger partial charge < -0.3 is 0 Å².